The molecule has 1 aromatic heterocycles. The fourth-order valence-electron chi connectivity index (χ4n) is 5.94. The van der Waals surface area contributed by atoms with Gasteiger partial charge in [-0.05, 0) is 56.2 Å². The van der Waals surface area contributed by atoms with Crippen LogP contribution in [0.15, 0.2) is 12.1 Å². The zero-order valence-electron chi connectivity index (χ0n) is 16.8. The van der Waals surface area contributed by atoms with E-state index in [9.17, 15) is 19.8 Å². The van der Waals surface area contributed by atoms with E-state index < -0.39 is 5.92 Å². The highest BCUT2D eigenvalue weighted by Gasteiger charge is 2.52. The molecule has 2 aromatic rings. The molecule has 3 aliphatic rings. The second kappa shape index (κ2) is 6.20. The lowest BCUT2D eigenvalue weighted by molar-refractivity contribution is -0.125. The fraction of sp³-hybridized carbons (Fsp3) is 0.478. The van der Waals surface area contributed by atoms with Crippen molar-refractivity contribution >= 4 is 11.6 Å². The Morgan fingerprint density at radius 1 is 1.03 bits per heavy atom. The number of ether oxygens (including phenoxy) is 1. The molecule has 3 unspecified atom stereocenters. The first-order valence-electron chi connectivity index (χ1n) is 10.2. The van der Waals surface area contributed by atoms with Gasteiger partial charge in [0, 0.05) is 12.3 Å². The quantitative estimate of drug-likeness (QED) is 0.686. The van der Waals surface area contributed by atoms with Gasteiger partial charge in [0.05, 0.1) is 23.3 Å². The number of hydrogen-bond acceptors (Lipinski definition) is 5. The van der Waals surface area contributed by atoms with E-state index in [1.165, 1.54) is 0 Å². The van der Waals surface area contributed by atoms with Gasteiger partial charge in [-0.1, -0.05) is 17.7 Å². The van der Waals surface area contributed by atoms with Gasteiger partial charge in [-0.3, -0.25) is 14.6 Å². The van der Waals surface area contributed by atoms with Crippen LogP contribution in [0.1, 0.15) is 70.8 Å². The minimum Gasteiger partial charge on any atom is -0.494 e. The SMILES string of the molecule is Cc1cc(C)c(C2C(=O)CC(CC3C[C@@H]4O[C@H]3c3c(O)[nH]c(O)c34)C2=O)c(C)c1. The summed E-state index contributed by atoms with van der Waals surface area (Å²) in [4.78, 5) is 28.7. The molecule has 1 saturated carbocycles. The van der Waals surface area contributed by atoms with Gasteiger partial charge >= 0.3 is 0 Å². The lowest BCUT2D eigenvalue weighted by atomic mass is 9.79. The van der Waals surface area contributed by atoms with E-state index in [4.69, 9.17) is 4.74 Å². The Balaban J connectivity index is 1.39. The number of aryl methyl sites for hydroxylation is 3. The van der Waals surface area contributed by atoms with Crippen LogP contribution >= 0.6 is 0 Å². The number of aromatic amines is 1. The molecule has 5 rings (SSSR count). The molecule has 1 aliphatic carbocycles. The Hall–Kier alpha value is -2.60. The third-order valence-corrected chi connectivity index (χ3v) is 6.97. The predicted molar refractivity (Wildman–Crippen MR) is 105 cm³/mol. The van der Waals surface area contributed by atoms with Crippen molar-refractivity contribution in [2.45, 2.75) is 58.2 Å². The summed E-state index contributed by atoms with van der Waals surface area (Å²) in [6.07, 6.45) is 0.922. The number of nitrogens with one attached hydrogen (secondary N) is 1. The van der Waals surface area contributed by atoms with Crippen LogP contribution in [0.3, 0.4) is 0 Å². The van der Waals surface area contributed by atoms with E-state index in [2.05, 4.69) is 4.98 Å². The molecule has 1 aromatic carbocycles. The average Bonchev–Trinajstić information content (AvgIpc) is 3.34. The van der Waals surface area contributed by atoms with E-state index in [-0.39, 0.29) is 53.8 Å². The lowest BCUT2D eigenvalue weighted by Gasteiger charge is -2.22. The number of H-pyrrole nitrogens is 1. The van der Waals surface area contributed by atoms with Gasteiger partial charge in [0.25, 0.3) is 0 Å². The van der Waals surface area contributed by atoms with E-state index in [1.807, 2.05) is 32.9 Å². The molecule has 0 spiro atoms. The van der Waals surface area contributed by atoms with Crippen molar-refractivity contribution in [1.29, 1.82) is 0 Å². The molecule has 29 heavy (non-hydrogen) atoms. The largest absolute Gasteiger partial charge is 0.494 e. The summed E-state index contributed by atoms with van der Waals surface area (Å²) in [6, 6.07) is 4.06. The first-order chi connectivity index (χ1) is 13.8. The minimum absolute atomic E-state index is 0.00181. The number of rotatable bonds is 3. The van der Waals surface area contributed by atoms with E-state index in [0.29, 0.717) is 24.0 Å². The highest BCUT2D eigenvalue weighted by atomic mass is 16.5. The standard InChI is InChI=1S/C23H25NO5/c1-9-4-10(2)16(11(3)5-9)17-14(25)7-12(20(17)26)6-13-8-15-18-19(21(13)29-15)23(28)24-22(18)27/h4-5,12-13,15,17,21,24,27-28H,6-8H2,1-3H3/t12?,13?,15-,17?,21+/m0/s1. The van der Waals surface area contributed by atoms with Gasteiger partial charge in [-0.2, -0.15) is 0 Å². The number of aromatic hydroxyl groups is 2. The number of fused-ring (bicyclic) bond motifs is 5. The van der Waals surface area contributed by atoms with Crippen molar-refractivity contribution in [2.24, 2.45) is 11.8 Å². The van der Waals surface area contributed by atoms with Crippen LogP contribution < -0.4 is 0 Å². The molecule has 2 aliphatic heterocycles. The van der Waals surface area contributed by atoms with Crippen LogP contribution in [-0.2, 0) is 14.3 Å². The molecule has 0 amide bonds. The van der Waals surface area contributed by atoms with Crippen molar-refractivity contribution in [3.63, 3.8) is 0 Å². The van der Waals surface area contributed by atoms with Gasteiger partial charge in [0.2, 0.25) is 0 Å². The molecule has 6 heteroatoms. The van der Waals surface area contributed by atoms with Gasteiger partial charge < -0.3 is 14.9 Å². The van der Waals surface area contributed by atoms with E-state index >= 15 is 0 Å². The van der Waals surface area contributed by atoms with E-state index in [1.54, 1.807) is 0 Å². The van der Waals surface area contributed by atoms with Crippen molar-refractivity contribution in [3.8, 4) is 11.8 Å². The Kier molecular flexibility index (Phi) is 3.94. The first-order valence-corrected chi connectivity index (χ1v) is 10.2. The molecule has 2 bridgehead atoms. The zero-order valence-corrected chi connectivity index (χ0v) is 16.8. The summed E-state index contributed by atoms with van der Waals surface area (Å²) >= 11 is 0. The highest BCUT2D eigenvalue weighted by molar-refractivity contribution is 6.15. The average molecular weight is 395 g/mol. The molecule has 3 N–H and O–H groups in total. The number of Topliss-reactive ketones (excluding diaryl/α,β-unsaturated/α-hetero) is 2. The van der Waals surface area contributed by atoms with Gasteiger partial charge in [-0.25, -0.2) is 0 Å². The van der Waals surface area contributed by atoms with Gasteiger partial charge in [0.1, 0.15) is 11.7 Å². The second-order valence-corrected chi connectivity index (χ2v) is 8.94. The molecule has 6 nitrogen and oxygen atoms in total. The summed E-state index contributed by atoms with van der Waals surface area (Å²) < 4.78 is 5.96. The molecule has 1 saturated heterocycles. The van der Waals surface area contributed by atoms with Crippen molar-refractivity contribution in [2.75, 3.05) is 0 Å². The Labute approximate surface area is 168 Å². The Morgan fingerprint density at radius 3 is 2.38 bits per heavy atom. The molecule has 5 atom stereocenters. The number of benzene rings is 1. The fourth-order valence-corrected chi connectivity index (χ4v) is 5.94. The van der Waals surface area contributed by atoms with Crippen LogP contribution in [0.25, 0.3) is 0 Å². The number of aromatic nitrogens is 1. The van der Waals surface area contributed by atoms with E-state index in [0.717, 1.165) is 22.3 Å². The highest BCUT2D eigenvalue weighted by Crippen LogP contribution is 2.61. The van der Waals surface area contributed by atoms with Crippen molar-refractivity contribution < 1.29 is 24.5 Å². The van der Waals surface area contributed by atoms with Crippen LogP contribution in [0.2, 0.25) is 0 Å². The Morgan fingerprint density at radius 2 is 1.69 bits per heavy atom. The normalized spacial score (nSPS) is 30.4. The summed E-state index contributed by atoms with van der Waals surface area (Å²) in [5.41, 5.74) is 5.24. The third-order valence-electron chi connectivity index (χ3n) is 6.97. The molecule has 2 fully saturated rings. The summed E-state index contributed by atoms with van der Waals surface area (Å²) in [5, 5.41) is 20.1. The number of carbonyl (C=O) groups excluding carboxylic acids is 2. The Bertz CT molecular complexity index is 1030. The van der Waals surface area contributed by atoms with Crippen LogP contribution in [0.5, 0.6) is 11.8 Å². The van der Waals surface area contributed by atoms with Crippen LogP contribution in [0.4, 0.5) is 0 Å². The van der Waals surface area contributed by atoms with Crippen molar-refractivity contribution in [3.05, 3.63) is 45.5 Å². The van der Waals surface area contributed by atoms with Crippen molar-refractivity contribution in [1.82, 2.24) is 4.98 Å². The van der Waals surface area contributed by atoms with Crippen LogP contribution in [0, 0.1) is 32.6 Å². The predicted octanol–water partition coefficient (Wildman–Crippen LogP) is 3.82. The smallest absolute Gasteiger partial charge is 0.197 e. The maximum Gasteiger partial charge on any atom is 0.197 e. The summed E-state index contributed by atoms with van der Waals surface area (Å²) in [6.45, 7) is 5.95. The maximum absolute atomic E-state index is 13.3. The molecular formula is C23H25NO5. The third kappa shape index (κ3) is 2.58. The molecule has 0 radical (unpaired) electrons. The molecular weight excluding hydrogens is 370 g/mol. The number of carbonyl (C=O) groups is 2. The second-order valence-electron chi connectivity index (χ2n) is 8.94. The summed E-state index contributed by atoms with van der Waals surface area (Å²) in [7, 11) is 0. The number of hydrogen-bond donors (Lipinski definition) is 3. The topological polar surface area (TPSA) is 99.6 Å². The monoisotopic (exact) mass is 395 g/mol. The first kappa shape index (κ1) is 18.4. The maximum atomic E-state index is 13.3. The minimum atomic E-state index is -0.666. The summed E-state index contributed by atoms with van der Waals surface area (Å²) in [5.74, 6) is -1.03. The molecule has 3 heterocycles. The lowest BCUT2D eigenvalue weighted by Crippen LogP contribution is -2.21. The van der Waals surface area contributed by atoms with Gasteiger partial charge in [0.15, 0.2) is 17.5 Å². The van der Waals surface area contributed by atoms with Gasteiger partial charge in [-0.15, -0.1) is 0 Å². The number of ketones is 2. The van der Waals surface area contributed by atoms with Crippen LogP contribution in [-0.4, -0.2) is 26.8 Å². The molecule has 152 valence electrons. The zero-order chi connectivity index (χ0) is 20.6.